The van der Waals surface area contributed by atoms with E-state index < -0.39 is 8.07 Å². The molecule has 108 valence electrons. The molecule has 2 amide bonds. The van der Waals surface area contributed by atoms with Gasteiger partial charge in [0.25, 0.3) is 11.8 Å². The molecule has 0 unspecified atom stereocenters. The van der Waals surface area contributed by atoms with E-state index in [0.717, 1.165) is 6.23 Å². The number of hydrogen-bond donors (Lipinski definition) is 0. The van der Waals surface area contributed by atoms with Crippen LogP contribution < -0.4 is 0 Å². The number of ether oxygens (including phenoxy) is 1. The number of amides is 2. The van der Waals surface area contributed by atoms with Crippen molar-refractivity contribution in [1.29, 1.82) is 0 Å². The smallest absolute Gasteiger partial charge is 0.261 e. The van der Waals surface area contributed by atoms with Gasteiger partial charge >= 0.3 is 0 Å². The van der Waals surface area contributed by atoms with Gasteiger partial charge in [-0.25, -0.2) is 0 Å². The first-order chi connectivity index (χ1) is 9.40. The number of hydrogen-bond acceptors (Lipinski definition) is 3. The Labute approximate surface area is 120 Å². The third kappa shape index (κ3) is 3.35. The Morgan fingerprint density at radius 3 is 2.10 bits per heavy atom. The van der Waals surface area contributed by atoms with Gasteiger partial charge in [-0.3, -0.25) is 14.5 Å². The topological polar surface area (TPSA) is 46.6 Å². The maximum absolute atomic E-state index is 12.1. The molecule has 1 aliphatic rings. The molecule has 0 radical (unpaired) electrons. The zero-order valence-corrected chi connectivity index (χ0v) is 13.3. The van der Waals surface area contributed by atoms with E-state index in [-0.39, 0.29) is 11.8 Å². The molecular weight excluding hydrogens is 270 g/mol. The molecule has 0 fully saturated rings. The monoisotopic (exact) mass is 291 g/mol. The molecule has 1 aromatic rings. The SMILES string of the molecule is C[Si](C)(C)COCCCN1C(=O)c2ccccc2C1=O. The van der Waals surface area contributed by atoms with Crippen LogP contribution in [0.25, 0.3) is 0 Å². The minimum absolute atomic E-state index is 0.184. The average molecular weight is 291 g/mol. The van der Waals surface area contributed by atoms with Crippen molar-refractivity contribution in [3.8, 4) is 0 Å². The Hall–Kier alpha value is -1.46. The molecule has 0 saturated carbocycles. The number of imide groups is 1. The standard InChI is InChI=1S/C15H21NO3Si/c1-20(2,3)11-19-10-6-9-16-14(17)12-7-4-5-8-13(12)15(16)18/h4-5,7-8H,6,9-11H2,1-3H3. The molecule has 4 nitrogen and oxygen atoms in total. The van der Waals surface area contributed by atoms with E-state index in [1.807, 2.05) is 0 Å². The lowest BCUT2D eigenvalue weighted by Gasteiger charge is -2.17. The molecule has 0 aliphatic carbocycles. The first-order valence-corrected chi connectivity index (χ1v) is 10.6. The third-order valence-corrected chi connectivity index (χ3v) is 4.15. The predicted molar refractivity (Wildman–Crippen MR) is 80.6 cm³/mol. The molecule has 0 aromatic heterocycles. The first-order valence-electron chi connectivity index (χ1n) is 6.93. The summed E-state index contributed by atoms with van der Waals surface area (Å²) in [6.07, 6.45) is 1.51. The largest absolute Gasteiger partial charge is 0.385 e. The molecule has 0 bridgehead atoms. The highest BCUT2D eigenvalue weighted by atomic mass is 28.3. The quantitative estimate of drug-likeness (QED) is 0.460. The van der Waals surface area contributed by atoms with Crippen LogP contribution in [-0.2, 0) is 4.74 Å². The molecule has 0 spiro atoms. The maximum Gasteiger partial charge on any atom is 0.261 e. The van der Waals surface area contributed by atoms with E-state index in [2.05, 4.69) is 19.6 Å². The Kier molecular flexibility index (Phi) is 4.40. The summed E-state index contributed by atoms with van der Waals surface area (Å²) in [5.74, 6) is -0.369. The third-order valence-electron chi connectivity index (χ3n) is 3.08. The van der Waals surface area contributed by atoms with E-state index in [9.17, 15) is 9.59 Å². The average Bonchev–Trinajstić information content (AvgIpc) is 2.62. The van der Waals surface area contributed by atoms with E-state index in [0.29, 0.717) is 30.7 Å². The Bertz CT molecular complexity index is 487. The van der Waals surface area contributed by atoms with Crippen molar-refractivity contribution >= 4 is 19.9 Å². The second-order valence-corrected chi connectivity index (χ2v) is 11.7. The van der Waals surface area contributed by atoms with Crippen LogP contribution in [0, 0.1) is 0 Å². The van der Waals surface area contributed by atoms with Crippen molar-refractivity contribution in [2.75, 3.05) is 19.4 Å². The molecule has 1 aromatic carbocycles. The maximum atomic E-state index is 12.1. The predicted octanol–water partition coefficient (Wildman–Crippen LogP) is 2.57. The van der Waals surface area contributed by atoms with Crippen molar-refractivity contribution in [3.05, 3.63) is 35.4 Å². The van der Waals surface area contributed by atoms with Gasteiger partial charge in [-0.2, -0.15) is 0 Å². The van der Waals surface area contributed by atoms with Gasteiger partial charge in [0, 0.05) is 19.4 Å². The van der Waals surface area contributed by atoms with Crippen LogP contribution in [0.3, 0.4) is 0 Å². The Morgan fingerprint density at radius 1 is 1.05 bits per heavy atom. The highest BCUT2D eigenvalue weighted by Gasteiger charge is 2.34. The summed E-state index contributed by atoms with van der Waals surface area (Å²) in [4.78, 5) is 25.5. The fraction of sp³-hybridized carbons (Fsp3) is 0.467. The molecule has 20 heavy (non-hydrogen) atoms. The summed E-state index contributed by atoms with van der Waals surface area (Å²) in [7, 11) is -1.19. The molecule has 5 heteroatoms. The van der Waals surface area contributed by atoms with E-state index in [4.69, 9.17) is 4.74 Å². The molecule has 2 rings (SSSR count). The molecule has 1 aliphatic heterocycles. The van der Waals surface area contributed by atoms with Crippen LogP contribution in [0.15, 0.2) is 24.3 Å². The van der Waals surface area contributed by atoms with Crippen LogP contribution in [0.4, 0.5) is 0 Å². The Morgan fingerprint density at radius 2 is 1.60 bits per heavy atom. The van der Waals surface area contributed by atoms with Crippen molar-refractivity contribution < 1.29 is 14.3 Å². The number of fused-ring (bicyclic) bond motifs is 1. The summed E-state index contributed by atoms with van der Waals surface area (Å²) < 4.78 is 5.62. The summed E-state index contributed by atoms with van der Waals surface area (Å²) in [6.45, 7) is 7.77. The van der Waals surface area contributed by atoms with E-state index in [1.54, 1.807) is 24.3 Å². The van der Waals surface area contributed by atoms with Gasteiger partial charge in [-0.1, -0.05) is 31.8 Å². The van der Waals surface area contributed by atoms with Crippen LogP contribution in [0.5, 0.6) is 0 Å². The summed E-state index contributed by atoms with van der Waals surface area (Å²) in [5.41, 5.74) is 1.03. The lowest BCUT2D eigenvalue weighted by atomic mass is 10.1. The molecule has 1 heterocycles. The number of carbonyl (C=O) groups excluding carboxylic acids is 2. The van der Waals surface area contributed by atoms with Crippen LogP contribution in [-0.4, -0.2) is 44.2 Å². The highest BCUT2D eigenvalue weighted by molar-refractivity contribution is 6.76. The Balaban J connectivity index is 1.84. The normalized spacial score (nSPS) is 14.8. The van der Waals surface area contributed by atoms with Gasteiger partial charge in [0.05, 0.1) is 19.2 Å². The number of carbonyl (C=O) groups is 2. The lowest BCUT2D eigenvalue weighted by Crippen LogP contribution is -2.32. The lowest BCUT2D eigenvalue weighted by molar-refractivity contribution is 0.0635. The molecule has 0 atom stereocenters. The second kappa shape index (κ2) is 5.89. The van der Waals surface area contributed by atoms with E-state index >= 15 is 0 Å². The van der Waals surface area contributed by atoms with Crippen molar-refractivity contribution in [1.82, 2.24) is 4.90 Å². The highest BCUT2D eigenvalue weighted by Crippen LogP contribution is 2.22. The molecule has 0 N–H and O–H groups in total. The summed E-state index contributed by atoms with van der Waals surface area (Å²) in [5, 5.41) is 0. The van der Waals surface area contributed by atoms with Crippen LogP contribution in [0.1, 0.15) is 27.1 Å². The van der Waals surface area contributed by atoms with Gasteiger partial charge in [-0.05, 0) is 18.6 Å². The number of nitrogens with zero attached hydrogens (tertiary/aromatic N) is 1. The molecule has 0 saturated heterocycles. The summed E-state index contributed by atoms with van der Waals surface area (Å²) >= 11 is 0. The first kappa shape index (κ1) is 14.9. The fourth-order valence-corrected chi connectivity index (χ4v) is 2.90. The van der Waals surface area contributed by atoms with Gasteiger partial charge in [-0.15, -0.1) is 0 Å². The number of rotatable bonds is 6. The van der Waals surface area contributed by atoms with E-state index in [1.165, 1.54) is 4.90 Å². The summed E-state index contributed by atoms with van der Waals surface area (Å²) in [6, 6.07) is 6.98. The van der Waals surface area contributed by atoms with Gasteiger partial charge < -0.3 is 4.74 Å². The zero-order valence-electron chi connectivity index (χ0n) is 12.3. The molecular formula is C15H21NO3Si. The van der Waals surface area contributed by atoms with Gasteiger partial charge in [0.2, 0.25) is 0 Å². The fourth-order valence-electron chi connectivity index (χ4n) is 2.15. The van der Waals surface area contributed by atoms with Crippen molar-refractivity contribution in [3.63, 3.8) is 0 Å². The van der Waals surface area contributed by atoms with Crippen LogP contribution in [0.2, 0.25) is 19.6 Å². The van der Waals surface area contributed by atoms with Crippen molar-refractivity contribution in [2.45, 2.75) is 26.1 Å². The zero-order chi connectivity index (χ0) is 14.8. The van der Waals surface area contributed by atoms with Gasteiger partial charge in [0.15, 0.2) is 0 Å². The minimum Gasteiger partial charge on any atom is -0.385 e. The second-order valence-electron chi connectivity index (χ2n) is 6.27. The number of benzene rings is 1. The minimum atomic E-state index is -1.19. The van der Waals surface area contributed by atoms with Crippen LogP contribution >= 0.6 is 0 Å². The van der Waals surface area contributed by atoms with Gasteiger partial charge in [0.1, 0.15) is 0 Å². The van der Waals surface area contributed by atoms with Crippen molar-refractivity contribution in [2.24, 2.45) is 0 Å².